The standard InChI is InChI=1S/C29H25Cl2N3O4S/c30-25-15-14-24(28(31)17-25)19-34(39(36,37)27-12-5-2-6-13-27)20-29(35)33-32-18-23-10-7-11-26(16-23)38-21-22-8-3-1-4-9-22/h1-18H,19-21H2,(H,33,35)/b32-18-. The molecule has 0 aliphatic heterocycles. The topological polar surface area (TPSA) is 88.1 Å². The second-order valence-electron chi connectivity index (χ2n) is 8.46. The van der Waals surface area contributed by atoms with Crippen molar-refractivity contribution in [1.29, 1.82) is 0 Å². The number of benzene rings is 4. The number of nitrogens with zero attached hydrogens (tertiary/aromatic N) is 2. The van der Waals surface area contributed by atoms with Crippen LogP contribution in [0.4, 0.5) is 0 Å². The second-order valence-corrected chi connectivity index (χ2v) is 11.2. The van der Waals surface area contributed by atoms with Gasteiger partial charge in [0.05, 0.1) is 17.7 Å². The molecule has 200 valence electrons. The Morgan fingerprint density at radius 3 is 2.33 bits per heavy atom. The van der Waals surface area contributed by atoms with Gasteiger partial charge in [-0.15, -0.1) is 0 Å². The van der Waals surface area contributed by atoms with Crippen LogP contribution in [-0.2, 0) is 28.0 Å². The third kappa shape index (κ3) is 8.15. The van der Waals surface area contributed by atoms with Crippen LogP contribution in [0.25, 0.3) is 0 Å². The van der Waals surface area contributed by atoms with E-state index >= 15 is 0 Å². The molecule has 0 unspecified atom stereocenters. The van der Waals surface area contributed by atoms with Crippen molar-refractivity contribution in [2.45, 2.75) is 18.0 Å². The molecule has 4 rings (SSSR count). The fourth-order valence-corrected chi connectivity index (χ4v) is 5.47. The molecule has 0 bridgehead atoms. The minimum atomic E-state index is -4.02. The van der Waals surface area contributed by atoms with Gasteiger partial charge in [-0.05, 0) is 53.1 Å². The summed E-state index contributed by atoms with van der Waals surface area (Å²) in [5.74, 6) is 0.0291. The molecular weight excluding hydrogens is 557 g/mol. The van der Waals surface area contributed by atoms with E-state index in [0.717, 1.165) is 9.87 Å². The first-order chi connectivity index (χ1) is 18.8. The number of halogens is 2. The van der Waals surface area contributed by atoms with Crippen molar-refractivity contribution in [1.82, 2.24) is 9.73 Å². The van der Waals surface area contributed by atoms with Crippen molar-refractivity contribution in [2.75, 3.05) is 6.54 Å². The number of carbonyl (C=O) groups is 1. The van der Waals surface area contributed by atoms with Gasteiger partial charge in [0.2, 0.25) is 10.0 Å². The summed E-state index contributed by atoms with van der Waals surface area (Å²) in [6, 6.07) is 29.6. The minimum Gasteiger partial charge on any atom is -0.489 e. The van der Waals surface area contributed by atoms with Gasteiger partial charge in [-0.3, -0.25) is 4.79 Å². The predicted octanol–water partition coefficient (Wildman–Crippen LogP) is 5.91. The van der Waals surface area contributed by atoms with Crippen LogP contribution in [0.2, 0.25) is 10.0 Å². The summed E-state index contributed by atoms with van der Waals surface area (Å²) in [5, 5.41) is 4.71. The van der Waals surface area contributed by atoms with Gasteiger partial charge < -0.3 is 4.74 Å². The van der Waals surface area contributed by atoms with Gasteiger partial charge in [-0.25, -0.2) is 13.8 Å². The zero-order chi connectivity index (χ0) is 27.7. The van der Waals surface area contributed by atoms with Crippen molar-refractivity contribution in [3.05, 3.63) is 130 Å². The zero-order valence-corrected chi connectivity index (χ0v) is 23.0. The van der Waals surface area contributed by atoms with E-state index in [4.69, 9.17) is 27.9 Å². The average molecular weight is 583 g/mol. The van der Waals surface area contributed by atoms with E-state index < -0.39 is 22.5 Å². The highest BCUT2D eigenvalue weighted by Crippen LogP contribution is 2.25. The Kier molecular flexibility index (Phi) is 9.73. The SMILES string of the molecule is O=C(CN(Cc1ccc(Cl)cc1Cl)S(=O)(=O)c1ccccc1)N/N=C\c1cccc(OCc2ccccc2)c1. The van der Waals surface area contributed by atoms with Gasteiger partial charge >= 0.3 is 0 Å². The summed E-state index contributed by atoms with van der Waals surface area (Å²) in [7, 11) is -4.02. The highest BCUT2D eigenvalue weighted by Gasteiger charge is 2.27. The van der Waals surface area contributed by atoms with E-state index in [1.54, 1.807) is 42.5 Å². The summed E-state index contributed by atoms with van der Waals surface area (Å²) >= 11 is 12.3. The van der Waals surface area contributed by atoms with Gasteiger partial charge in [-0.1, -0.05) is 89.9 Å². The van der Waals surface area contributed by atoms with Crippen LogP contribution >= 0.6 is 23.2 Å². The monoisotopic (exact) mass is 581 g/mol. The van der Waals surface area contributed by atoms with Crippen LogP contribution in [0.5, 0.6) is 5.75 Å². The lowest BCUT2D eigenvalue weighted by Crippen LogP contribution is -2.39. The molecule has 0 fully saturated rings. The smallest absolute Gasteiger partial charge is 0.255 e. The van der Waals surface area contributed by atoms with Crippen LogP contribution < -0.4 is 10.2 Å². The molecule has 0 atom stereocenters. The molecule has 1 amide bonds. The molecule has 7 nitrogen and oxygen atoms in total. The Labute approximate surface area is 237 Å². The average Bonchev–Trinajstić information content (AvgIpc) is 2.94. The fraction of sp³-hybridized carbons (Fsp3) is 0.103. The molecule has 0 saturated heterocycles. The van der Waals surface area contributed by atoms with E-state index in [1.165, 1.54) is 24.4 Å². The van der Waals surface area contributed by atoms with E-state index in [0.29, 0.717) is 33.5 Å². The Morgan fingerprint density at radius 1 is 0.897 bits per heavy atom. The number of hydrogen-bond donors (Lipinski definition) is 1. The third-order valence-corrected chi connectivity index (χ3v) is 7.96. The van der Waals surface area contributed by atoms with Crippen LogP contribution in [0.15, 0.2) is 113 Å². The van der Waals surface area contributed by atoms with Gasteiger partial charge in [0.1, 0.15) is 12.4 Å². The van der Waals surface area contributed by atoms with E-state index in [1.807, 2.05) is 42.5 Å². The van der Waals surface area contributed by atoms with Crippen molar-refractivity contribution < 1.29 is 17.9 Å². The summed E-state index contributed by atoms with van der Waals surface area (Å²) in [4.78, 5) is 12.8. The molecule has 4 aromatic rings. The summed E-state index contributed by atoms with van der Waals surface area (Å²) in [6.07, 6.45) is 1.46. The summed E-state index contributed by atoms with van der Waals surface area (Å²) < 4.78 is 33.6. The molecule has 10 heteroatoms. The number of amides is 1. The van der Waals surface area contributed by atoms with Crippen molar-refractivity contribution in [2.24, 2.45) is 5.10 Å². The van der Waals surface area contributed by atoms with Gasteiger partial charge in [0.15, 0.2) is 0 Å². The van der Waals surface area contributed by atoms with Crippen molar-refractivity contribution in [3.63, 3.8) is 0 Å². The van der Waals surface area contributed by atoms with Gasteiger partial charge in [-0.2, -0.15) is 9.41 Å². The summed E-state index contributed by atoms with van der Waals surface area (Å²) in [5.41, 5.74) is 4.64. The van der Waals surface area contributed by atoms with Crippen LogP contribution in [0.1, 0.15) is 16.7 Å². The minimum absolute atomic E-state index is 0.0544. The summed E-state index contributed by atoms with van der Waals surface area (Å²) in [6.45, 7) is -0.194. The quantitative estimate of drug-likeness (QED) is 0.176. The zero-order valence-electron chi connectivity index (χ0n) is 20.7. The molecule has 0 aromatic heterocycles. The molecule has 39 heavy (non-hydrogen) atoms. The number of hydrogen-bond acceptors (Lipinski definition) is 5. The van der Waals surface area contributed by atoms with E-state index in [2.05, 4.69) is 10.5 Å². The molecule has 4 aromatic carbocycles. The van der Waals surface area contributed by atoms with Crippen LogP contribution in [0, 0.1) is 0 Å². The number of hydrazone groups is 1. The third-order valence-electron chi connectivity index (χ3n) is 5.57. The molecule has 0 saturated carbocycles. The lowest BCUT2D eigenvalue weighted by molar-refractivity contribution is -0.121. The number of sulfonamides is 1. The van der Waals surface area contributed by atoms with Gasteiger partial charge in [0, 0.05) is 16.6 Å². The second kappa shape index (κ2) is 13.4. The Balaban J connectivity index is 1.43. The molecule has 1 N–H and O–H groups in total. The maximum atomic E-state index is 13.4. The normalized spacial score (nSPS) is 11.6. The maximum absolute atomic E-state index is 13.4. The molecule has 0 heterocycles. The maximum Gasteiger partial charge on any atom is 0.255 e. The highest BCUT2D eigenvalue weighted by atomic mass is 35.5. The Morgan fingerprint density at radius 2 is 1.62 bits per heavy atom. The lowest BCUT2D eigenvalue weighted by atomic mass is 10.2. The van der Waals surface area contributed by atoms with Crippen molar-refractivity contribution >= 4 is 45.3 Å². The molecule has 0 aliphatic carbocycles. The van der Waals surface area contributed by atoms with E-state index in [9.17, 15) is 13.2 Å². The molecule has 0 spiro atoms. The van der Waals surface area contributed by atoms with Crippen LogP contribution in [0.3, 0.4) is 0 Å². The highest BCUT2D eigenvalue weighted by molar-refractivity contribution is 7.89. The molecular formula is C29H25Cl2N3O4S. The van der Waals surface area contributed by atoms with E-state index in [-0.39, 0.29) is 11.4 Å². The van der Waals surface area contributed by atoms with Crippen LogP contribution in [-0.4, -0.2) is 31.4 Å². The molecule has 0 aliphatic rings. The fourth-order valence-electron chi connectivity index (χ4n) is 3.61. The Bertz CT molecular complexity index is 1550. The first-order valence-corrected chi connectivity index (χ1v) is 14.1. The number of rotatable bonds is 11. The Hall–Kier alpha value is -3.69. The molecule has 0 radical (unpaired) electrons. The van der Waals surface area contributed by atoms with Gasteiger partial charge in [0.25, 0.3) is 5.91 Å². The predicted molar refractivity (Wildman–Crippen MR) is 153 cm³/mol. The first-order valence-electron chi connectivity index (χ1n) is 11.9. The number of nitrogens with one attached hydrogen (secondary N) is 1. The van der Waals surface area contributed by atoms with Crippen molar-refractivity contribution in [3.8, 4) is 5.75 Å². The largest absolute Gasteiger partial charge is 0.489 e. The number of carbonyl (C=O) groups excluding carboxylic acids is 1. The number of ether oxygens (including phenoxy) is 1. The first kappa shape index (κ1) is 28.3. The lowest BCUT2D eigenvalue weighted by Gasteiger charge is -2.22.